The van der Waals surface area contributed by atoms with E-state index in [1.54, 1.807) is 29.4 Å². The van der Waals surface area contributed by atoms with Gasteiger partial charge in [0, 0.05) is 48.6 Å². The number of carbonyl (C=O) groups excluding carboxylic acids is 2. The van der Waals surface area contributed by atoms with Gasteiger partial charge in [-0.15, -0.1) is 0 Å². The van der Waals surface area contributed by atoms with Crippen molar-refractivity contribution < 1.29 is 18.4 Å². The highest BCUT2D eigenvalue weighted by Gasteiger charge is 2.60. The van der Waals surface area contributed by atoms with Gasteiger partial charge in [-0.25, -0.2) is 18.7 Å². The lowest BCUT2D eigenvalue weighted by atomic mass is 10.1. The Morgan fingerprint density at radius 3 is 1.89 bits per heavy atom. The minimum Gasteiger partial charge on any atom is -0.337 e. The molecule has 2 saturated heterocycles. The van der Waals surface area contributed by atoms with Gasteiger partial charge in [-0.2, -0.15) is 0 Å². The number of benzene rings is 2. The summed E-state index contributed by atoms with van der Waals surface area (Å²) in [6.07, 6.45) is 5.82. The van der Waals surface area contributed by atoms with Gasteiger partial charge in [0.25, 0.3) is 11.1 Å². The number of carbonyl (C=O) groups is 2. The molecule has 6 nitrogen and oxygen atoms in total. The van der Waals surface area contributed by atoms with E-state index in [1.165, 1.54) is 36.8 Å². The smallest absolute Gasteiger partial charge is 0.254 e. The van der Waals surface area contributed by atoms with Crippen LogP contribution in [0.4, 0.5) is 8.78 Å². The Morgan fingerprint density at radius 2 is 1.38 bits per heavy atom. The number of halogens is 3. The lowest BCUT2D eigenvalue weighted by Crippen LogP contribution is -2.31. The molecule has 4 aromatic rings. The molecule has 2 aliphatic carbocycles. The summed E-state index contributed by atoms with van der Waals surface area (Å²) in [4.78, 5) is 33.1. The number of amides is 1. The lowest BCUT2D eigenvalue weighted by Gasteiger charge is -2.19. The lowest BCUT2D eigenvalue weighted by molar-refractivity contribution is 0.0770. The van der Waals surface area contributed by atoms with Gasteiger partial charge in [-0.3, -0.25) is 9.59 Å². The van der Waals surface area contributed by atoms with E-state index in [0.717, 1.165) is 42.9 Å². The summed E-state index contributed by atoms with van der Waals surface area (Å²) in [5.41, 5.74) is 2.43. The van der Waals surface area contributed by atoms with Crippen LogP contribution in [0.2, 0.25) is 0 Å². The third-order valence-corrected chi connectivity index (χ3v) is 9.05. The van der Waals surface area contributed by atoms with Gasteiger partial charge < -0.3 is 10.2 Å². The predicted octanol–water partition coefficient (Wildman–Crippen LogP) is 5.98. The van der Waals surface area contributed by atoms with Crippen LogP contribution in [-0.2, 0) is 0 Å². The Labute approximate surface area is 277 Å². The molecule has 236 valence electrons. The maximum Gasteiger partial charge on any atom is 0.254 e. The molecule has 0 radical (unpaired) electrons. The third kappa shape index (κ3) is 7.92. The Morgan fingerprint density at radius 1 is 0.787 bits per heavy atom. The maximum absolute atomic E-state index is 13.3. The van der Waals surface area contributed by atoms with Crippen molar-refractivity contribution in [1.82, 2.24) is 20.2 Å². The first-order valence-electron chi connectivity index (χ1n) is 15.3. The first-order valence-corrected chi connectivity index (χ1v) is 15.7. The Bertz CT molecular complexity index is 1900. The van der Waals surface area contributed by atoms with Crippen LogP contribution in [0, 0.1) is 58.0 Å². The monoisotopic (exact) mass is 648 g/mol. The van der Waals surface area contributed by atoms with Crippen molar-refractivity contribution in [2.75, 3.05) is 26.2 Å². The number of hydrogen-bond acceptors (Lipinski definition) is 5. The quantitative estimate of drug-likeness (QED) is 0.214. The molecule has 8 rings (SSSR count). The van der Waals surface area contributed by atoms with E-state index in [4.69, 9.17) is 11.6 Å². The summed E-state index contributed by atoms with van der Waals surface area (Å²) in [5, 5.41) is 2.74. The second kappa shape index (κ2) is 13.8. The number of hydrogen-bond donors (Lipinski definition) is 1. The van der Waals surface area contributed by atoms with Crippen LogP contribution < -0.4 is 5.32 Å². The largest absolute Gasteiger partial charge is 0.337 e. The van der Waals surface area contributed by atoms with E-state index in [1.807, 2.05) is 36.4 Å². The van der Waals surface area contributed by atoms with E-state index < -0.39 is 11.1 Å². The fourth-order valence-corrected chi connectivity index (χ4v) is 6.15. The van der Waals surface area contributed by atoms with Gasteiger partial charge in [0.15, 0.2) is 0 Å². The van der Waals surface area contributed by atoms with Gasteiger partial charge in [0.1, 0.15) is 23.0 Å². The van der Waals surface area contributed by atoms with Crippen LogP contribution in [-0.4, -0.2) is 52.2 Å². The molecule has 9 heteroatoms. The predicted molar refractivity (Wildman–Crippen MR) is 175 cm³/mol. The highest BCUT2D eigenvalue weighted by molar-refractivity contribution is 6.67. The molecule has 0 spiro atoms. The van der Waals surface area contributed by atoms with Gasteiger partial charge >= 0.3 is 0 Å². The summed E-state index contributed by atoms with van der Waals surface area (Å²) in [5.74, 6) is 13.3. The van der Waals surface area contributed by atoms with E-state index >= 15 is 0 Å². The van der Waals surface area contributed by atoms with Gasteiger partial charge in [-0.05, 0) is 115 Å². The number of aromatic nitrogens is 2. The van der Waals surface area contributed by atoms with Crippen LogP contribution in [0.15, 0.2) is 97.3 Å². The molecule has 47 heavy (non-hydrogen) atoms. The van der Waals surface area contributed by atoms with Crippen molar-refractivity contribution in [2.24, 2.45) is 22.7 Å². The first-order chi connectivity index (χ1) is 22.8. The van der Waals surface area contributed by atoms with E-state index in [2.05, 4.69) is 39.0 Å². The zero-order valence-corrected chi connectivity index (χ0v) is 26.2. The van der Waals surface area contributed by atoms with Crippen molar-refractivity contribution in [1.29, 1.82) is 0 Å². The third-order valence-electron chi connectivity index (χ3n) is 8.83. The summed E-state index contributed by atoms with van der Waals surface area (Å²) in [6.45, 7) is 3.54. The number of fused-ring (bicyclic) bond motifs is 2. The standard InChI is InChI=1S/C19H15FN2O.C12H12N2.C7H4ClFO/c20-16-5-3-4-14(10-16)18(23)22-12-15-11-19(15,13-22)8-7-17-6-1-2-9-21-17;1-2-6-14-11(3-1)4-5-12-7-10(12)8-13-9-12;8-7(10)5-2-1-3-6(9)4-5/h1-6,9-10,15H,11-13H2;1-3,6,10,13H,7-9H2;1-4H. The Kier molecular flexibility index (Phi) is 9.45. The van der Waals surface area contributed by atoms with Crippen molar-refractivity contribution >= 4 is 22.8 Å². The zero-order valence-electron chi connectivity index (χ0n) is 25.4. The molecule has 4 unspecified atom stereocenters. The topological polar surface area (TPSA) is 75.2 Å². The molecule has 2 aromatic heterocycles. The highest BCUT2D eigenvalue weighted by atomic mass is 35.5. The number of likely N-dealkylation sites (tertiary alicyclic amines) is 1. The van der Waals surface area contributed by atoms with Crippen LogP contribution in [0.1, 0.15) is 44.9 Å². The molecular weight excluding hydrogens is 618 g/mol. The Hall–Kier alpha value is -4.89. The van der Waals surface area contributed by atoms with Gasteiger partial charge in [-0.1, -0.05) is 36.1 Å². The number of nitrogens with zero attached hydrogens (tertiary/aromatic N) is 3. The Balaban J connectivity index is 0.000000137. The number of piperidine rings is 2. The molecule has 2 aromatic carbocycles. The molecule has 1 N–H and O–H groups in total. The molecule has 4 atom stereocenters. The molecule has 2 aliphatic heterocycles. The highest BCUT2D eigenvalue weighted by Crippen LogP contribution is 2.57. The van der Waals surface area contributed by atoms with E-state index in [9.17, 15) is 18.4 Å². The molecule has 1 amide bonds. The SMILES string of the molecule is C(#CC12CNCC1C2)c1ccccn1.O=C(Cl)c1cccc(F)c1.O=C(c1cccc(F)c1)N1CC2CC2(C#Cc2ccccn2)C1. The van der Waals surface area contributed by atoms with Crippen molar-refractivity contribution in [2.45, 2.75) is 12.8 Å². The van der Waals surface area contributed by atoms with Crippen molar-refractivity contribution in [3.05, 3.63) is 131 Å². The number of pyridine rings is 2. The molecule has 4 fully saturated rings. The van der Waals surface area contributed by atoms with Crippen LogP contribution in [0.3, 0.4) is 0 Å². The fourth-order valence-electron chi connectivity index (χ4n) is 6.03. The minimum atomic E-state index is -0.639. The average Bonchev–Trinajstić information content (AvgIpc) is 3.87. The molecule has 2 saturated carbocycles. The number of rotatable bonds is 2. The van der Waals surface area contributed by atoms with Gasteiger partial charge in [0.05, 0.1) is 5.41 Å². The summed E-state index contributed by atoms with van der Waals surface area (Å²) in [7, 11) is 0. The normalized spacial score (nSPS) is 23.9. The first kappa shape index (κ1) is 32.1. The molecule has 0 bridgehead atoms. The molecular formula is C38H31ClF2N4O2. The zero-order chi connectivity index (χ0) is 32.9. The summed E-state index contributed by atoms with van der Waals surface area (Å²) >= 11 is 5.07. The molecule has 4 aliphatic rings. The van der Waals surface area contributed by atoms with Crippen molar-refractivity contribution in [3.63, 3.8) is 0 Å². The summed E-state index contributed by atoms with van der Waals surface area (Å²) in [6, 6.07) is 22.6. The van der Waals surface area contributed by atoms with Gasteiger partial charge in [0.2, 0.25) is 0 Å². The van der Waals surface area contributed by atoms with Crippen LogP contribution in [0.5, 0.6) is 0 Å². The minimum absolute atomic E-state index is 0.0967. The number of nitrogens with one attached hydrogen (secondary N) is 1. The second-order valence-electron chi connectivity index (χ2n) is 12.2. The fraction of sp³-hybridized carbons (Fsp3) is 0.263. The summed E-state index contributed by atoms with van der Waals surface area (Å²) < 4.78 is 25.6. The maximum atomic E-state index is 13.3. The van der Waals surface area contributed by atoms with E-state index in [0.29, 0.717) is 30.0 Å². The second-order valence-corrected chi connectivity index (χ2v) is 12.5. The van der Waals surface area contributed by atoms with E-state index in [-0.39, 0.29) is 22.7 Å². The average molecular weight is 649 g/mol. The van der Waals surface area contributed by atoms with Crippen molar-refractivity contribution in [3.8, 4) is 23.7 Å². The van der Waals surface area contributed by atoms with Crippen LogP contribution in [0.25, 0.3) is 0 Å². The van der Waals surface area contributed by atoms with Crippen LogP contribution >= 0.6 is 11.6 Å². The molecule has 4 heterocycles.